The summed E-state index contributed by atoms with van der Waals surface area (Å²) in [4.78, 5) is 29.3. The Kier molecular flexibility index (Phi) is 6.35. The summed E-state index contributed by atoms with van der Waals surface area (Å²) in [6.45, 7) is 1.93. The molecule has 0 saturated carbocycles. The Hall–Kier alpha value is -2.37. The van der Waals surface area contributed by atoms with E-state index in [1.54, 1.807) is 17.4 Å². The van der Waals surface area contributed by atoms with Crippen LogP contribution in [0.2, 0.25) is 0 Å². The predicted molar refractivity (Wildman–Crippen MR) is 120 cm³/mol. The lowest BCUT2D eigenvalue weighted by atomic mass is 10.1. The highest BCUT2D eigenvalue weighted by Crippen LogP contribution is 2.33. The summed E-state index contributed by atoms with van der Waals surface area (Å²) >= 11 is 3.05. The van der Waals surface area contributed by atoms with Gasteiger partial charge in [-0.05, 0) is 25.3 Å². The second-order valence-corrected chi connectivity index (χ2v) is 11.7. The van der Waals surface area contributed by atoms with Gasteiger partial charge in [-0.3, -0.25) is 20.4 Å². The van der Waals surface area contributed by atoms with Gasteiger partial charge in [0.15, 0.2) is 15.6 Å². The number of aryl methyl sites for hydroxylation is 1. The van der Waals surface area contributed by atoms with Gasteiger partial charge in [0.2, 0.25) is 5.91 Å². The highest BCUT2D eigenvalue weighted by atomic mass is 32.2. The van der Waals surface area contributed by atoms with Gasteiger partial charge in [-0.1, -0.05) is 30.0 Å². The monoisotopic (exact) mass is 479 g/mol. The molecule has 0 spiro atoms. The summed E-state index contributed by atoms with van der Waals surface area (Å²) in [5.41, 5.74) is 7.02. The molecule has 3 heterocycles. The fourth-order valence-corrected chi connectivity index (χ4v) is 7.23. The minimum Gasteiger partial charge on any atom is -0.451 e. The van der Waals surface area contributed by atoms with E-state index < -0.39 is 21.7 Å². The first-order chi connectivity index (χ1) is 14.8. The van der Waals surface area contributed by atoms with Crippen LogP contribution in [0.1, 0.15) is 34.7 Å². The first-order valence-corrected chi connectivity index (χ1v) is 13.3. The number of thioether (sulfide) groups is 1. The van der Waals surface area contributed by atoms with Crippen LogP contribution in [0.5, 0.6) is 0 Å². The molecule has 0 aliphatic carbocycles. The largest absolute Gasteiger partial charge is 0.451 e. The van der Waals surface area contributed by atoms with Crippen LogP contribution >= 0.6 is 23.1 Å². The molecule has 2 N–H and O–H groups in total. The van der Waals surface area contributed by atoms with Crippen molar-refractivity contribution in [3.05, 3.63) is 46.7 Å². The van der Waals surface area contributed by atoms with Crippen LogP contribution in [-0.2, 0) is 20.4 Å². The van der Waals surface area contributed by atoms with Crippen molar-refractivity contribution in [1.29, 1.82) is 0 Å². The van der Waals surface area contributed by atoms with E-state index in [1.165, 1.54) is 11.8 Å². The molecule has 8 nitrogen and oxygen atoms in total. The fraction of sp³-hybridized carbons (Fsp3) is 0.350. The molecule has 2 aromatic heterocycles. The molecule has 0 radical (unpaired) electrons. The third-order valence-electron chi connectivity index (χ3n) is 4.96. The van der Waals surface area contributed by atoms with Crippen molar-refractivity contribution in [3.63, 3.8) is 0 Å². The normalized spacial score (nSPS) is 17.6. The molecule has 11 heteroatoms. The number of amides is 2. The van der Waals surface area contributed by atoms with Crippen molar-refractivity contribution in [2.45, 2.75) is 29.9 Å². The Balaban J connectivity index is 1.43. The van der Waals surface area contributed by atoms with Crippen LogP contribution in [0.4, 0.5) is 0 Å². The maximum atomic E-state index is 12.8. The number of nitrogens with one attached hydrogen (secondary N) is 2. The minimum absolute atomic E-state index is 0.00947. The minimum atomic E-state index is -3.05. The average molecular weight is 480 g/mol. The zero-order valence-electron chi connectivity index (χ0n) is 16.7. The number of fused-ring (bicyclic) bond motifs is 1. The smallest absolute Gasteiger partial charge is 0.305 e. The van der Waals surface area contributed by atoms with E-state index in [0.717, 1.165) is 21.0 Å². The number of carbonyl (C=O) groups excluding carboxylic acids is 2. The van der Waals surface area contributed by atoms with E-state index in [1.807, 2.05) is 30.5 Å². The Morgan fingerprint density at radius 3 is 2.81 bits per heavy atom. The van der Waals surface area contributed by atoms with Crippen LogP contribution in [0, 0.1) is 12.8 Å². The number of hydrogen-bond acceptors (Lipinski definition) is 8. The molecule has 3 aromatic rings. The lowest BCUT2D eigenvalue weighted by Gasteiger charge is -2.09. The zero-order valence-corrected chi connectivity index (χ0v) is 19.2. The van der Waals surface area contributed by atoms with Crippen LogP contribution in [0.25, 0.3) is 11.0 Å². The first-order valence-electron chi connectivity index (χ1n) is 9.65. The first kappa shape index (κ1) is 21.8. The number of nitrogens with zero attached hydrogens (tertiary/aromatic N) is 1. The molecule has 31 heavy (non-hydrogen) atoms. The topological polar surface area (TPSA) is 118 Å². The number of furan rings is 1. The summed E-state index contributed by atoms with van der Waals surface area (Å²) in [6, 6.07) is 7.37. The highest BCUT2D eigenvalue weighted by molar-refractivity contribution is 8.00. The van der Waals surface area contributed by atoms with Gasteiger partial charge in [0.1, 0.15) is 9.92 Å². The van der Waals surface area contributed by atoms with E-state index in [-0.39, 0.29) is 29.6 Å². The van der Waals surface area contributed by atoms with Crippen molar-refractivity contribution < 1.29 is 22.4 Å². The van der Waals surface area contributed by atoms with Crippen LogP contribution < -0.4 is 10.9 Å². The van der Waals surface area contributed by atoms with Crippen molar-refractivity contribution in [3.8, 4) is 0 Å². The van der Waals surface area contributed by atoms with Gasteiger partial charge in [0.05, 0.1) is 11.5 Å². The molecule has 1 aliphatic heterocycles. The van der Waals surface area contributed by atoms with E-state index in [2.05, 4.69) is 15.8 Å². The molecule has 1 saturated heterocycles. The van der Waals surface area contributed by atoms with Crippen molar-refractivity contribution in [2.24, 2.45) is 5.92 Å². The van der Waals surface area contributed by atoms with Crippen LogP contribution in [0.3, 0.4) is 0 Å². The summed E-state index contributed by atoms with van der Waals surface area (Å²) in [7, 11) is -3.05. The second kappa shape index (κ2) is 9.01. The number of thiazole rings is 1. The number of sulfone groups is 1. The quantitative estimate of drug-likeness (QED) is 0.412. The van der Waals surface area contributed by atoms with Gasteiger partial charge in [0, 0.05) is 34.2 Å². The highest BCUT2D eigenvalue weighted by Gasteiger charge is 2.29. The molecular formula is C20H21N3O5S3. The van der Waals surface area contributed by atoms with E-state index in [0.29, 0.717) is 17.8 Å². The van der Waals surface area contributed by atoms with Crippen LogP contribution in [-0.4, -0.2) is 36.7 Å². The Morgan fingerprint density at radius 2 is 2.10 bits per heavy atom. The van der Waals surface area contributed by atoms with E-state index >= 15 is 0 Å². The number of benzene rings is 1. The maximum Gasteiger partial charge on any atom is 0.305 e. The van der Waals surface area contributed by atoms with Crippen LogP contribution in [0.15, 0.2) is 38.4 Å². The predicted octanol–water partition coefficient (Wildman–Crippen LogP) is 3.08. The van der Waals surface area contributed by atoms with Crippen molar-refractivity contribution in [1.82, 2.24) is 15.8 Å². The van der Waals surface area contributed by atoms with E-state index in [9.17, 15) is 18.0 Å². The molecule has 0 unspecified atom stereocenters. The number of rotatable bonds is 6. The third-order valence-corrected chi connectivity index (χ3v) is 8.96. The van der Waals surface area contributed by atoms with Crippen molar-refractivity contribution >= 4 is 55.7 Å². The second-order valence-electron chi connectivity index (χ2n) is 7.42. The Morgan fingerprint density at radius 1 is 1.29 bits per heavy atom. The Labute approximate surface area is 187 Å². The maximum absolute atomic E-state index is 12.8. The molecular weight excluding hydrogens is 458 g/mol. The average Bonchev–Trinajstić information content (AvgIpc) is 3.41. The summed E-state index contributed by atoms with van der Waals surface area (Å²) < 4.78 is 29.8. The van der Waals surface area contributed by atoms with Gasteiger partial charge >= 0.3 is 5.91 Å². The standard InChI is InChI=1S/C20H21N3O5S3/c1-12-9-29-20(21-12)30-10-15-14-4-2-3-5-16(14)28-18(15)19(25)23-22-17(24)8-13-6-7-31(26,27)11-13/h2-5,9,13H,6-8,10-11H2,1H3,(H,22,24)(H,23,25)/t13-/m1/s1. The summed E-state index contributed by atoms with van der Waals surface area (Å²) in [5, 5.41) is 2.80. The van der Waals surface area contributed by atoms with Gasteiger partial charge in [-0.2, -0.15) is 0 Å². The molecule has 1 atom stereocenters. The molecule has 4 rings (SSSR count). The fourth-order valence-electron chi connectivity index (χ4n) is 3.49. The van der Waals surface area contributed by atoms with Gasteiger partial charge in [0.25, 0.3) is 0 Å². The molecule has 1 aliphatic rings. The van der Waals surface area contributed by atoms with Gasteiger partial charge < -0.3 is 4.42 Å². The number of aromatic nitrogens is 1. The van der Waals surface area contributed by atoms with Gasteiger partial charge in [-0.15, -0.1) is 11.3 Å². The number of hydrazine groups is 1. The number of hydrogen-bond donors (Lipinski definition) is 2. The lowest BCUT2D eigenvalue weighted by Crippen LogP contribution is -2.42. The number of carbonyl (C=O) groups is 2. The molecule has 0 bridgehead atoms. The SMILES string of the molecule is Cc1csc(SCc2c(C(=O)NNC(=O)C[C@H]3CCS(=O)(=O)C3)oc3ccccc23)n1. The molecule has 2 amide bonds. The lowest BCUT2D eigenvalue weighted by molar-refractivity contribution is -0.122. The van der Waals surface area contributed by atoms with Crippen molar-refractivity contribution in [2.75, 3.05) is 11.5 Å². The molecule has 1 aromatic carbocycles. The summed E-state index contributed by atoms with van der Waals surface area (Å²) in [6.07, 6.45) is 0.511. The number of para-hydroxylation sites is 1. The molecule has 164 valence electrons. The van der Waals surface area contributed by atoms with E-state index in [4.69, 9.17) is 4.42 Å². The third kappa shape index (κ3) is 5.28. The summed E-state index contributed by atoms with van der Waals surface area (Å²) in [5.74, 6) is -0.477. The zero-order chi connectivity index (χ0) is 22.0. The Bertz CT molecular complexity index is 1230. The molecule has 1 fully saturated rings. The van der Waals surface area contributed by atoms with Gasteiger partial charge in [-0.25, -0.2) is 13.4 Å².